The number of fused-ring (bicyclic) bond motifs is 12. The van der Waals surface area contributed by atoms with Crippen LogP contribution in [0.25, 0.3) is 11.1 Å². The first kappa shape index (κ1) is 96.0. The van der Waals surface area contributed by atoms with E-state index in [-0.39, 0.29) is 50.9 Å². The second kappa shape index (κ2) is 41.0. The molecule has 44 heteroatoms. The summed E-state index contributed by atoms with van der Waals surface area (Å²) in [7, 11) is 0. The van der Waals surface area contributed by atoms with E-state index in [9.17, 15) is 122 Å². The zero-order chi connectivity index (χ0) is 94.7. The molecule has 3 fully saturated rings. The Balaban J connectivity index is 1.09. The van der Waals surface area contributed by atoms with Gasteiger partial charge in [-0.15, -0.1) is 0 Å². The van der Waals surface area contributed by atoms with E-state index in [2.05, 4.69) is 41.9 Å². The zero-order valence-electron chi connectivity index (χ0n) is 70.0. The molecule has 706 valence electrons. The minimum absolute atomic E-state index is 0.0705. The van der Waals surface area contributed by atoms with Crippen LogP contribution in [0, 0.1) is 0 Å². The van der Waals surface area contributed by atoms with E-state index in [1.807, 2.05) is 0 Å². The van der Waals surface area contributed by atoms with Crippen molar-refractivity contribution < 1.29 is 165 Å². The van der Waals surface area contributed by atoms with Crippen LogP contribution < -0.4 is 29.4 Å². The molecule has 23 atom stereocenters. The van der Waals surface area contributed by atoms with Gasteiger partial charge in [-0.3, -0.25) is 0 Å². The summed E-state index contributed by atoms with van der Waals surface area (Å²) in [5.41, 5.74) is 3.11. The highest BCUT2D eigenvalue weighted by Gasteiger charge is 2.51. The van der Waals surface area contributed by atoms with Gasteiger partial charge in [0.1, 0.15) is 132 Å². The molecule has 7 aromatic rings. The van der Waals surface area contributed by atoms with E-state index < -0.39 is 304 Å². The molecule has 0 amide bonds. The largest absolute Gasteiger partial charge is 0.508 e. The van der Waals surface area contributed by atoms with Crippen molar-refractivity contribution >= 4 is 76.4 Å². The number of carboxylic acids is 1. The topological polar surface area (TPSA) is 690 Å². The number of carboxylic acid groups (broad SMARTS) is 1. The van der Waals surface area contributed by atoms with Gasteiger partial charge in [-0.25, -0.2) is 44.7 Å². The number of nitrogens with zero attached hydrogens (tertiary/aromatic N) is 8. The highest BCUT2D eigenvalue weighted by molar-refractivity contribution is 6.32. The normalized spacial score (nSPS) is 29.2. The standard InChI is InChI=1S/C88H97Cl2N9O33/c1-3-4-5-6-7-8-9-10-60(108)94-68-74(113)71(110)58(32-101)129-87(68)132-78-55-26-40-27-56(78)126-52-18-14-38(24-47(52)90)77(131-86-67(92-34(2)103)73(112)70(109)57(31-100)128-86)69-84(121)98-66(85(122)123)45-29-42(105)30-54(127-88-76(115)75(114)72(111)59(33-102)130-88)61(45)44-23-37(13-15-49(44)106)63(81(118)99-69)96-83(120)65(40)97-82(119)64-39-21-41(104)28-43(22-39)124-53-25-36(12-16-50(53)107)62(91)80(117)93-48(79(116)95-64)20-35-11-17-51(125-55)46(89)19-35/h11-19,21-30,48,57-59,62-77,86-88,100-102,104-107,109-115H,3-10,20,31-33,91H2,1-2H3,(H,92,103)(H,93,117)(H,94,108)(H,95,116)(H,96,120)(H,97,119)(H,98,121)(H,99,118)(H,122,123)/t48-,57-,58-,59-,62-,63-,64+,65-,66+,67-,68-,69+,70-,71-,72-,73-,74-,75+,76+,77-,86+,87+,88?/m1/s1. The quantitative estimate of drug-likeness (QED) is 0.0196. The molecule has 3 saturated heterocycles. The van der Waals surface area contributed by atoms with Crippen molar-refractivity contribution in [3.63, 3.8) is 0 Å². The zero-order valence-corrected chi connectivity index (χ0v) is 71.5. The molecule has 1 unspecified atom stereocenters. The first-order valence-corrected chi connectivity index (χ1v) is 42.6. The highest BCUT2D eigenvalue weighted by atomic mass is 35.5. The smallest absolute Gasteiger partial charge is 0.333 e. The van der Waals surface area contributed by atoms with Gasteiger partial charge in [0.2, 0.25) is 53.7 Å². The van der Waals surface area contributed by atoms with Gasteiger partial charge in [0.05, 0.1) is 29.9 Å². The number of aliphatic carboxylic acids is 1. The number of halogens is 2. The molecule has 132 heavy (non-hydrogen) atoms. The highest BCUT2D eigenvalue weighted by Crippen LogP contribution is 2.52. The van der Waals surface area contributed by atoms with Gasteiger partial charge in [-0.05, 0) is 119 Å². The number of aliphatic hydroxyl groups excluding tert-OH is 18. The third-order valence-corrected chi connectivity index (χ3v) is 23.6. The Kier molecular flexibility index (Phi) is 29.8. The maximum atomic E-state index is 14.3. The molecule has 0 radical (unpaired) electrons. The van der Waals surface area contributed by atoms with Crippen molar-refractivity contribution in [3.05, 3.63) is 164 Å². The van der Waals surface area contributed by atoms with E-state index in [1.165, 1.54) is 36.4 Å². The van der Waals surface area contributed by atoms with Crippen molar-refractivity contribution in [2.75, 3.05) is 19.8 Å². The van der Waals surface area contributed by atoms with Gasteiger partial charge < -0.3 is 166 Å². The summed E-state index contributed by atoms with van der Waals surface area (Å²) in [6.07, 6.45) is -23.4. The Morgan fingerprint density at radius 2 is 1.02 bits per heavy atom. The fourth-order valence-corrected chi connectivity index (χ4v) is 16.6. The number of unbranched alkanes of at least 4 members (excludes halogenated alkanes) is 6. The number of aromatic hydroxyl groups is 4. The van der Waals surface area contributed by atoms with Crippen LogP contribution in [-0.4, -0.2) is 294 Å². The number of benzene rings is 7. The molecular formula is C88H97Cl2N9O33. The monoisotopic (exact) mass is 1880 g/mol. The number of nitrogens with two attached hydrogens (primary N) is 1. The molecule has 42 nitrogen and oxygen atoms in total. The Hall–Kier alpha value is -12.1. The van der Waals surface area contributed by atoms with E-state index in [0.29, 0.717) is 12.8 Å². The minimum atomic E-state index is -2.63. The Bertz CT molecular complexity index is 5680. The molecule has 7 aromatic carbocycles. The molecule has 0 saturated carbocycles. The Morgan fingerprint density at radius 1 is 0.477 bits per heavy atom. The summed E-state index contributed by atoms with van der Waals surface area (Å²) in [5, 5.41) is 271. The summed E-state index contributed by atoms with van der Waals surface area (Å²) in [4.78, 5) is 50.0. The van der Waals surface area contributed by atoms with Crippen molar-refractivity contribution in [1.29, 1.82) is 0 Å². The summed E-state index contributed by atoms with van der Waals surface area (Å²) in [6.45, 7) is 0.00992. The molecular weight excluding hydrogens is 1780 g/mol. The predicted octanol–water partition coefficient (Wildman–Crippen LogP) is 7.89. The average molecular weight is 1880 g/mol. The van der Waals surface area contributed by atoms with Crippen molar-refractivity contribution in [2.45, 2.75) is 212 Å². The molecule has 17 bridgehead atoms. The number of rotatable bonds is 20. The van der Waals surface area contributed by atoms with Gasteiger partial charge in [0.25, 0.3) is 0 Å². The van der Waals surface area contributed by atoms with Crippen LogP contribution in [0.3, 0.4) is 0 Å². The summed E-state index contributed by atoms with van der Waals surface area (Å²) in [5.74, 6) is -18.1. The number of aliphatic imine (C=N–C) groups is 8. The van der Waals surface area contributed by atoms with E-state index >= 15 is 0 Å². The fourth-order valence-electron chi connectivity index (χ4n) is 16.1. The third-order valence-electron chi connectivity index (χ3n) is 23.0. The van der Waals surface area contributed by atoms with Crippen molar-refractivity contribution in [1.82, 2.24) is 0 Å². The molecule has 16 rings (SSSR count). The fraction of sp³-hybridized carbons (Fsp3) is 0.420. The van der Waals surface area contributed by atoms with Gasteiger partial charge in [-0.1, -0.05) is 92.9 Å². The predicted molar refractivity (Wildman–Crippen MR) is 469 cm³/mol. The lowest BCUT2D eigenvalue weighted by Gasteiger charge is -2.42. The van der Waals surface area contributed by atoms with Gasteiger partial charge in [0, 0.05) is 48.6 Å². The molecule has 25 N–H and O–H groups in total. The Morgan fingerprint density at radius 3 is 1.65 bits per heavy atom. The second-order valence-corrected chi connectivity index (χ2v) is 33.1. The molecule has 9 aliphatic heterocycles. The van der Waals surface area contributed by atoms with Crippen LogP contribution in [-0.2, 0) is 30.2 Å². The first-order valence-electron chi connectivity index (χ1n) is 41.8. The van der Waals surface area contributed by atoms with Crippen LogP contribution in [0.5, 0.6) is 69.0 Å². The number of ether oxygens (including phenoxy) is 9. The van der Waals surface area contributed by atoms with Crippen LogP contribution >= 0.6 is 23.2 Å². The lowest BCUT2D eigenvalue weighted by atomic mass is 9.90. The maximum Gasteiger partial charge on any atom is 0.333 e. The van der Waals surface area contributed by atoms with E-state index in [0.717, 1.165) is 118 Å². The maximum absolute atomic E-state index is 14.3. The van der Waals surface area contributed by atoms with Crippen molar-refractivity contribution in [3.8, 4) is 80.1 Å². The summed E-state index contributed by atoms with van der Waals surface area (Å²) < 4.78 is 57.7. The summed E-state index contributed by atoms with van der Waals surface area (Å²) >= 11 is 14.8. The van der Waals surface area contributed by atoms with Gasteiger partial charge >= 0.3 is 5.97 Å². The third kappa shape index (κ3) is 20.7. The van der Waals surface area contributed by atoms with Crippen LogP contribution in [0.2, 0.25) is 10.0 Å². The molecule has 0 spiro atoms. The van der Waals surface area contributed by atoms with E-state index in [4.69, 9.17) is 76.6 Å². The number of phenolic OH excluding ortho intramolecular Hbond substituents is 4. The van der Waals surface area contributed by atoms with Crippen molar-refractivity contribution in [2.24, 2.45) is 45.7 Å². The number of hydrogen-bond donors (Lipinski definition) is 24. The summed E-state index contributed by atoms with van der Waals surface area (Å²) in [6, 6.07) is 1.27. The molecule has 9 aliphatic rings. The lowest BCUT2D eigenvalue weighted by Crippen LogP contribution is -2.60. The van der Waals surface area contributed by atoms with E-state index in [1.54, 1.807) is 0 Å². The van der Waals surface area contributed by atoms with Gasteiger partial charge in [-0.2, -0.15) is 0 Å². The van der Waals surface area contributed by atoms with Gasteiger partial charge in [0.15, 0.2) is 71.3 Å². The lowest BCUT2D eigenvalue weighted by molar-refractivity contribution is -0.279. The SMILES string of the molecule is CCCCCCCCCC(O)=N[C@H]1[C@H](Oc2c3cc4cc2Oc2ccc(cc2Cl)[C@@H](O[C@@H]2O[C@H](CO)[C@@H](O)[C@H](O)[C@H]2N=C(C)O)[C@@H]2N=C(O)[C@H](N=C(O)[C@@H]4N=C(O)[C@H]4N=C(O)[C@@H](Cc5ccc(c(Cl)c5)O3)N=C(O)[C@H](N)c3ccc(O)c(c3)Oc3cc(O)cc4c3)c3ccc(O)c(c3)-c3c(OC4O[C@H](CO)[C@@H](O)[C@H](O)[C@@H]4O)cc(O)cc3[C@@H](C(=O)O)N=C2O)O[C@H](CO)[C@@H](O)[C@@H]1O. The number of hydrogen-bond acceptors (Lipinski definition) is 33. The Labute approximate surface area is 759 Å². The molecule has 9 heterocycles. The number of phenols is 4. The number of carbonyl (C=O) groups is 1. The van der Waals surface area contributed by atoms with Crippen LogP contribution in [0.4, 0.5) is 0 Å². The second-order valence-electron chi connectivity index (χ2n) is 32.3. The number of aliphatic hydroxyl groups is 18. The minimum Gasteiger partial charge on any atom is -0.508 e. The first-order chi connectivity index (χ1) is 63.0. The molecule has 0 aromatic heterocycles. The average Bonchev–Trinajstić information content (AvgIpc) is 0.757. The molecule has 0 aliphatic carbocycles. The van der Waals surface area contributed by atoms with Crippen LogP contribution in [0.15, 0.2) is 155 Å². The van der Waals surface area contributed by atoms with Crippen LogP contribution in [0.1, 0.15) is 140 Å².